The Labute approximate surface area is 119 Å². The molecular weight excluding hydrogens is 272 g/mol. The van der Waals surface area contributed by atoms with Gasteiger partial charge in [-0.2, -0.15) is 5.10 Å². The van der Waals surface area contributed by atoms with Gasteiger partial charge in [0.15, 0.2) is 5.58 Å². The SMILES string of the molecule is Cc1cc(C(=O)NCCn2ccc3ccoc3c2=O)n[nH]1. The van der Waals surface area contributed by atoms with E-state index in [-0.39, 0.29) is 11.5 Å². The summed E-state index contributed by atoms with van der Waals surface area (Å²) in [5.41, 5.74) is 1.27. The Morgan fingerprint density at radius 1 is 1.48 bits per heavy atom. The fraction of sp³-hybridized carbons (Fsp3) is 0.214. The largest absolute Gasteiger partial charge is 0.459 e. The summed E-state index contributed by atoms with van der Waals surface area (Å²) >= 11 is 0. The lowest BCUT2D eigenvalue weighted by Gasteiger charge is -2.06. The summed E-state index contributed by atoms with van der Waals surface area (Å²) < 4.78 is 6.66. The van der Waals surface area contributed by atoms with Crippen molar-refractivity contribution in [3.63, 3.8) is 0 Å². The molecule has 0 saturated heterocycles. The molecule has 3 aromatic heterocycles. The quantitative estimate of drug-likeness (QED) is 0.750. The Balaban J connectivity index is 1.65. The first-order chi connectivity index (χ1) is 10.1. The molecule has 3 aromatic rings. The third-order valence-corrected chi connectivity index (χ3v) is 3.16. The summed E-state index contributed by atoms with van der Waals surface area (Å²) in [5.74, 6) is -0.272. The maximum atomic E-state index is 12.1. The summed E-state index contributed by atoms with van der Waals surface area (Å²) in [6.07, 6.45) is 3.17. The van der Waals surface area contributed by atoms with Crippen LogP contribution in [0.2, 0.25) is 0 Å². The zero-order valence-electron chi connectivity index (χ0n) is 11.4. The number of pyridine rings is 1. The first kappa shape index (κ1) is 13.2. The van der Waals surface area contributed by atoms with Crippen LogP contribution >= 0.6 is 0 Å². The number of carbonyl (C=O) groups is 1. The molecule has 0 unspecified atom stereocenters. The molecule has 1 amide bonds. The van der Waals surface area contributed by atoms with Crippen molar-refractivity contribution < 1.29 is 9.21 Å². The van der Waals surface area contributed by atoms with Crippen molar-refractivity contribution in [3.05, 3.63) is 52.4 Å². The molecule has 0 spiro atoms. The number of aromatic amines is 1. The number of aryl methyl sites for hydroxylation is 1. The van der Waals surface area contributed by atoms with Crippen molar-refractivity contribution >= 4 is 16.9 Å². The Bertz CT molecular complexity index is 843. The van der Waals surface area contributed by atoms with Crippen LogP contribution in [0.25, 0.3) is 11.0 Å². The number of aromatic nitrogens is 3. The van der Waals surface area contributed by atoms with Gasteiger partial charge in [0, 0.05) is 30.4 Å². The number of hydrogen-bond acceptors (Lipinski definition) is 4. The molecule has 2 N–H and O–H groups in total. The lowest BCUT2D eigenvalue weighted by molar-refractivity contribution is 0.0947. The molecule has 0 bridgehead atoms. The maximum absolute atomic E-state index is 12.1. The second kappa shape index (κ2) is 5.28. The van der Waals surface area contributed by atoms with E-state index in [2.05, 4.69) is 15.5 Å². The molecule has 21 heavy (non-hydrogen) atoms. The van der Waals surface area contributed by atoms with E-state index in [4.69, 9.17) is 4.42 Å². The van der Waals surface area contributed by atoms with Crippen molar-refractivity contribution in [1.29, 1.82) is 0 Å². The number of amides is 1. The van der Waals surface area contributed by atoms with Gasteiger partial charge in [-0.05, 0) is 25.1 Å². The van der Waals surface area contributed by atoms with Gasteiger partial charge in [0.1, 0.15) is 5.69 Å². The third kappa shape index (κ3) is 2.58. The maximum Gasteiger partial charge on any atom is 0.294 e. The van der Waals surface area contributed by atoms with E-state index in [1.165, 1.54) is 10.8 Å². The number of rotatable bonds is 4. The molecule has 0 saturated carbocycles. The molecule has 3 rings (SSSR count). The smallest absolute Gasteiger partial charge is 0.294 e. The Kier molecular flexibility index (Phi) is 3.31. The Morgan fingerprint density at radius 3 is 3.10 bits per heavy atom. The summed E-state index contributed by atoms with van der Waals surface area (Å²) in [5, 5.41) is 10.1. The van der Waals surface area contributed by atoms with Gasteiger partial charge in [0.05, 0.1) is 6.26 Å². The second-order valence-electron chi connectivity index (χ2n) is 4.71. The van der Waals surface area contributed by atoms with Crippen LogP contribution in [0.4, 0.5) is 0 Å². The number of furan rings is 1. The lowest BCUT2D eigenvalue weighted by Crippen LogP contribution is -2.30. The predicted molar refractivity (Wildman–Crippen MR) is 76.1 cm³/mol. The molecule has 0 aliphatic carbocycles. The molecule has 0 fully saturated rings. The number of hydrogen-bond donors (Lipinski definition) is 2. The highest BCUT2D eigenvalue weighted by Crippen LogP contribution is 2.09. The zero-order valence-corrected chi connectivity index (χ0v) is 11.4. The van der Waals surface area contributed by atoms with Gasteiger partial charge < -0.3 is 14.3 Å². The Hall–Kier alpha value is -2.83. The molecule has 108 valence electrons. The van der Waals surface area contributed by atoms with Crippen LogP contribution in [-0.2, 0) is 6.54 Å². The highest BCUT2D eigenvalue weighted by atomic mass is 16.3. The average molecular weight is 286 g/mol. The van der Waals surface area contributed by atoms with Gasteiger partial charge in [0.25, 0.3) is 11.5 Å². The van der Waals surface area contributed by atoms with Crippen LogP contribution in [-0.4, -0.2) is 27.2 Å². The molecular formula is C14H14N4O3. The van der Waals surface area contributed by atoms with E-state index in [1.54, 1.807) is 24.4 Å². The van der Waals surface area contributed by atoms with Gasteiger partial charge in [-0.3, -0.25) is 14.7 Å². The van der Waals surface area contributed by atoms with Crippen LogP contribution in [0, 0.1) is 6.92 Å². The monoisotopic (exact) mass is 286 g/mol. The van der Waals surface area contributed by atoms with Gasteiger partial charge in [0.2, 0.25) is 0 Å². The molecule has 3 heterocycles. The van der Waals surface area contributed by atoms with Crippen molar-refractivity contribution in [2.45, 2.75) is 13.5 Å². The fourth-order valence-corrected chi connectivity index (χ4v) is 2.08. The van der Waals surface area contributed by atoms with Crippen LogP contribution in [0.3, 0.4) is 0 Å². The van der Waals surface area contributed by atoms with Crippen molar-refractivity contribution in [2.24, 2.45) is 0 Å². The minimum atomic E-state index is -0.272. The van der Waals surface area contributed by atoms with Crippen molar-refractivity contribution in [1.82, 2.24) is 20.1 Å². The minimum absolute atomic E-state index is 0.206. The summed E-state index contributed by atoms with van der Waals surface area (Å²) in [4.78, 5) is 23.9. The fourth-order valence-electron chi connectivity index (χ4n) is 2.08. The first-order valence-corrected chi connectivity index (χ1v) is 6.52. The molecule has 0 atom stereocenters. The number of nitrogens with zero attached hydrogens (tertiary/aromatic N) is 2. The van der Waals surface area contributed by atoms with E-state index in [0.29, 0.717) is 24.4 Å². The molecule has 7 heteroatoms. The normalized spacial score (nSPS) is 10.9. The van der Waals surface area contributed by atoms with Crippen LogP contribution in [0.15, 0.2) is 39.9 Å². The number of H-pyrrole nitrogens is 1. The van der Waals surface area contributed by atoms with Gasteiger partial charge in [-0.15, -0.1) is 0 Å². The van der Waals surface area contributed by atoms with Crippen molar-refractivity contribution in [2.75, 3.05) is 6.54 Å². The topological polar surface area (TPSA) is 92.9 Å². The van der Waals surface area contributed by atoms with Crippen LogP contribution in [0.1, 0.15) is 16.2 Å². The Morgan fingerprint density at radius 2 is 2.33 bits per heavy atom. The standard InChI is InChI=1S/C14H14N4O3/c1-9-8-11(17-16-9)13(19)15-4-6-18-5-2-10-3-7-21-12(10)14(18)20/h2-3,5,7-8H,4,6H2,1H3,(H,15,19)(H,16,17). The highest BCUT2D eigenvalue weighted by molar-refractivity contribution is 5.92. The molecule has 7 nitrogen and oxygen atoms in total. The number of nitrogens with one attached hydrogen (secondary N) is 2. The minimum Gasteiger partial charge on any atom is -0.459 e. The van der Waals surface area contributed by atoms with Crippen LogP contribution < -0.4 is 10.9 Å². The predicted octanol–water partition coefficient (Wildman–Crippen LogP) is 1.06. The van der Waals surface area contributed by atoms with E-state index in [1.807, 2.05) is 6.92 Å². The summed E-state index contributed by atoms with van der Waals surface area (Å²) in [6.45, 7) is 2.52. The van der Waals surface area contributed by atoms with Gasteiger partial charge >= 0.3 is 0 Å². The van der Waals surface area contributed by atoms with Crippen LogP contribution in [0.5, 0.6) is 0 Å². The van der Waals surface area contributed by atoms with E-state index >= 15 is 0 Å². The molecule has 0 aliphatic heterocycles. The first-order valence-electron chi connectivity index (χ1n) is 6.52. The van der Waals surface area contributed by atoms with E-state index < -0.39 is 0 Å². The third-order valence-electron chi connectivity index (χ3n) is 3.16. The van der Waals surface area contributed by atoms with E-state index in [0.717, 1.165) is 11.1 Å². The molecule has 0 aromatic carbocycles. The lowest BCUT2D eigenvalue weighted by atomic mass is 10.3. The summed E-state index contributed by atoms with van der Waals surface area (Å²) in [7, 11) is 0. The number of fused-ring (bicyclic) bond motifs is 1. The molecule has 0 aliphatic rings. The van der Waals surface area contributed by atoms with Crippen molar-refractivity contribution in [3.8, 4) is 0 Å². The summed E-state index contributed by atoms with van der Waals surface area (Å²) in [6, 6.07) is 5.21. The second-order valence-corrected chi connectivity index (χ2v) is 4.71. The zero-order chi connectivity index (χ0) is 14.8. The average Bonchev–Trinajstić information content (AvgIpc) is 3.10. The molecule has 0 radical (unpaired) electrons. The van der Waals surface area contributed by atoms with E-state index in [9.17, 15) is 9.59 Å². The number of carbonyl (C=O) groups excluding carboxylic acids is 1. The van der Waals surface area contributed by atoms with Gasteiger partial charge in [-0.1, -0.05) is 0 Å². The highest BCUT2D eigenvalue weighted by Gasteiger charge is 2.09. The van der Waals surface area contributed by atoms with Gasteiger partial charge in [-0.25, -0.2) is 0 Å².